The lowest BCUT2D eigenvalue weighted by molar-refractivity contribution is -0.216. The van der Waals surface area contributed by atoms with Crippen LogP contribution in [0.5, 0.6) is 0 Å². The summed E-state index contributed by atoms with van der Waals surface area (Å²) in [6.45, 7) is 3.04. The number of esters is 2. The highest BCUT2D eigenvalue weighted by Crippen LogP contribution is 2.49. The quantitative estimate of drug-likeness (QED) is 0.0131. The largest absolute Gasteiger partial charge is 0.472 e. The van der Waals surface area contributed by atoms with Crippen LogP contribution in [0.25, 0.3) is 0 Å². The lowest BCUT2D eigenvalue weighted by Crippen LogP contribution is -2.64. The zero-order valence-electron chi connectivity index (χ0n) is 39.2. The molecular weight excluding hydrogens is 882 g/mol. The Labute approximate surface area is 388 Å². The predicted molar refractivity (Wildman–Crippen MR) is 250 cm³/mol. The third-order valence-electron chi connectivity index (χ3n) is 10.9. The molecule has 0 saturated heterocycles. The molecule has 16 nitrogen and oxygen atoms in total. The van der Waals surface area contributed by atoms with Crippen LogP contribution in [0.2, 0.25) is 0 Å². The van der Waals surface area contributed by atoms with Crippen molar-refractivity contribution in [1.82, 2.24) is 0 Å². The van der Waals surface area contributed by atoms with E-state index < -0.39 is 83.5 Å². The van der Waals surface area contributed by atoms with Gasteiger partial charge in [0.05, 0.1) is 6.61 Å². The maximum atomic E-state index is 13.0. The van der Waals surface area contributed by atoms with E-state index >= 15 is 0 Å². The summed E-state index contributed by atoms with van der Waals surface area (Å²) in [4.78, 5) is 54.3. The fourth-order valence-corrected chi connectivity index (χ4v) is 8.63. The minimum atomic E-state index is -5.37. The second-order valence-electron chi connectivity index (χ2n) is 16.8. The summed E-state index contributed by atoms with van der Waals surface area (Å²) < 4.78 is 49.3. The molecule has 0 amide bonds. The SMILES string of the molecule is CCCCCCC=CCCCCCCCCCC(=O)OC(COC(=O)CCCC=CCC=CCC=CCCCCCCCC)COP(=O)(O)OC1C(O)C(O)C(O)C(OP(=O)(O)O)C1O. The van der Waals surface area contributed by atoms with Crippen LogP contribution in [-0.4, -0.2) is 103 Å². The molecule has 0 aromatic rings. The highest BCUT2D eigenvalue weighted by Gasteiger charge is 2.54. The first-order chi connectivity index (χ1) is 31.1. The van der Waals surface area contributed by atoms with Gasteiger partial charge in [-0.2, -0.15) is 0 Å². The minimum absolute atomic E-state index is 0.0277. The Morgan fingerprint density at radius 3 is 1.43 bits per heavy atom. The lowest BCUT2D eigenvalue weighted by Gasteiger charge is -2.43. The first kappa shape index (κ1) is 61.0. The van der Waals surface area contributed by atoms with E-state index in [1.165, 1.54) is 64.2 Å². The van der Waals surface area contributed by atoms with Gasteiger partial charge in [0.25, 0.3) is 0 Å². The smallest absolute Gasteiger partial charge is 0.462 e. The van der Waals surface area contributed by atoms with Crippen LogP contribution in [0, 0.1) is 0 Å². The summed E-state index contributed by atoms with van der Waals surface area (Å²) in [5.74, 6) is -1.27. The van der Waals surface area contributed by atoms with E-state index in [1.807, 2.05) is 12.2 Å². The summed E-state index contributed by atoms with van der Waals surface area (Å²) in [6, 6.07) is 0. The molecular formula is C47H84O16P2. The number of phosphoric acid groups is 2. The van der Waals surface area contributed by atoms with Gasteiger partial charge in [-0.1, -0.05) is 146 Å². The number of aliphatic hydroxyl groups excluding tert-OH is 4. The standard InChI is InChI=1S/C47H84O16P2/c1-3-5-7-9-11-13-15-17-19-20-22-23-25-27-29-31-33-35-40(48)59-37-39(61-41(49)36-34-32-30-28-26-24-21-18-16-14-12-10-8-6-4-2)38-60-65(57,58)63-47-44(52)42(50)43(51)46(45(47)53)62-64(54,55)56/h14,16-17,19,22-23,27,29,39,42-47,50-53H,3-13,15,18,20-21,24-26,28,30-38H2,1-2H3,(H,57,58)(H2,54,55,56). The number of carbonyl (C=O) groups is 2. The average Bonchev–Trinajstić information content (AvgIpc) is 3.26. The molecule has 65 heavy (non-hydrogen) atoms. The summed E-state index contributed by atoms with van der Waals surface area (Å²) in [5, 5.41) is 41.2. The number of phosphoric ester groups is 2. The summed E-state index contributed by atoms with van der Waals surface area (Å²) >= 11 is 0. The van der Waals surface area contributed by atoms with E-state index in [-0.39, 0.29) is 12.8 Å². The normalized spacial score (nSPS) is 22.0. The van der Waals surface area contributed by atoms with Crippen LogP contribution in [-0.2, 0) is 41.8 Å². The summed E-state index contributed by atoms with van der Waals surface area (Å²) in [6.07, 6.45) is 27.9. The number of hydrogen-bond donors (Lipinski definition) is 7. The van der Waals surface area contributed by atoms with Crippen molar-refractivity contribution >= 4 is 27.6 Å². The van der Waals surface area contributed by atoms with E-state index in [1.54, 1.807) is 0 Å². The fraction of sp³-hybridized carbons (Fsp3) is 0.787. The minimum Gasteiger partial charge on any atom is -0.462 e. The summed E-state index contributed by atoms with van der Waals surface area (Å²) in [7, 11) is -10.7. The molecule has 1 saturated carbocycles. The van der Waals surface area contributed by atoms with Crippen LogP contribution in [0.4, 0.5) is 0 Å². The molecule has 1 aliphatic carbocycles. The van der Waals surface area contributed by atoms with Gasteiger partial charge >= 0.3 is 27.6 Å². The number of allylic oxidation sites excluding steroid dienone is 8. The Morgan fingerprint density at radius 2 is 0.908 bits per heavy atom. The van der Waals surface area contributed by atoms with Gasteiger partial charge in [-0.3, -0.25) is 23.2 Å². The third-order valence-corrected chi connectivity index (χ3v) is 12.4. The molecule has 378 valence electrons. The number of unbranched alkanes of at least 4 members (excludes halogenated alkanes) is 18. The van der Waals surface area contributed by atoms with Gasteiger partial charge in [0.2, 0.25) is 0 Å². The number of ether oxygens (including phenoxy) is 2. The zero-order chi connectivity index (χ0) is 48.2. The Hall–Kier alpha value is -2.04. The fourth-order valence-electron chi connectivity index (χ4n) is 7.09. The van der Waals surface area contributed by atoms with Crippen LogP contribution in [0.15, 0.2) is 48.6 Å². The number of hydrogen-bond acceptors (Lipinski definition) is 13. The number of aliphatic hydroxyl groups is 4. The maximum Gasteiger partial charge on any atom is 0.472 e. The van der Waals surface area contributed by atoms with Gasteiger partial charge in [0, 0.05) is 12.8 Å². The van der Waals surface area contributed by atoms with Crippen molar-refractivity contribution in [2.24, 2.45) is 0 Å². The molecule has 0 radical (unpaired) electrons. The molecule has 7 N–H and O–H groups in total. The molecule has 1 fully saturated rings. The highest BCUT2D eigenvalue weighted by molar-refractivity contribution is 7.47. The molecule has 0 bridgehead atoms. The number of carbonyl (C=O) groups excluding carboxylic acids is 2. The van der Waals surface area contributed by atoms with Gasteiger partial charge in [-0.15, -0.1) is 0 Å². The second kappa shape index (κ2) is 37.9. The monoisotopic (exact) mass is 967 g/mol. The second-order valence-corrected chi connectivity index (χ2v) is 19.4. The van der Waals surface area contributed by atoms with E-state index in [2.05, 4.69) is 54.8 Å². The van der Waals surface area contributed by atoms with Gasteiger partial charge in [0.1, 0.15) is 43.2 Å². The lowest BCUT2D eigenvalue weighted by atomic mass is 9.85. The molecule has 18 heteroatoms. The van der Waals surface area contributed by atoms with E-state index in [0.29, 0.717) is 19.3 Å². The number of rotatable bonds is 40. The van der Waals surface area contributed by atoms with Crippen LogP contribution < -0.4 is 0 Å². The topological polar surface area (TPSA) is 256 Å². The Kier molecular flexibility index (Phi) is 35.5. The van der Waals surface area contributed by atoms with Crippen molar-refractivity contribution in [3.63, 3.8) is 0 Å². The Bertz CT molecular complexity index is 1450. The van der Waals surface area contributed by atoms with Crippen LogP contribution in [0.3, 0.4) is 0 Å². The molecule has 0 heterocycles. The zero-order valence-corrected chi connectivity index (χ0v) is 40.9. The van der Waals surface area contributed by atoms with E-state index in [0.717, 1.165) is 70.6 Å². The van der Waals surface area contributed by atoms with E-state index in [4.69, 9.17) is 18.5 Å². The molecule has 1 rings (SSSR count). The van der Waals surface area contributed by atoms with Crippen molar-refractivity contribution in [3.05, 3.63) is 48.6 Å². The molecule has 8 atom stereocenters. The third kappa shape index (κ3) is 32.4. The van der Waals surface area contributed by atoms with Gasteiger partial charge < -0.3 is 44.6 Å². The van der Waals surface area contributed by atoms with Crippen molar-refractivity contribution in [3.8, 4) is 0 Å². The predicted octanol–water partition coefficient (Wildman–Crippen LogP) is 9.29. The first-order valence-corrected chi connectivity index (χ1v) is 27.2. The maximum absolute atomic E-state index is 13.0. The average molecular weight is 967 g/mol. The van der Waals surface area contributed by atoms with Gasteiger partial charge in [-0.05, 0) is 70.6 Å². The van der Waals surface area contributed by atoms with Crippen molar-refractivity contribution in [2.75, 3.05) is 13.2 Å². The van der Waals surface area contributed by atoms with Crippen LogP contribution >= 0.6 is 15.6 Å². The molecule has 0 aromatic heterocycles. The molecule has 8 unspecified atom stereocenters. The molecule has 1 aliphatic rings. The van der Waals surface area contributed by atoms with Gasteiger partial charge in [0.15, 0.2) is 6.10 Å². The van der Waals surface area contributed by atoms with Crippen LogP contribution in [0.1, 0.15) is 181 Å². The Balaban J connectivity index is 2.62. The van der Waals surface area contributed by atoms with Crippen molar-refractivity contribution < 1.29 is 76.9 Å². The molecule has 0 spiro atoms. The molecule has 0 aliphatic heterocycles. The Morgan fingerprint density at radius 1 is 0.492 bits per heavy atom. The van der Waals surface area contributed by atoms with Crippen molar-refractivity contribution in [2.45, 2.75) is 224 Å². The van der Waals surface area contributed by atoms with Gasteiger partial charge in [-0.25, -0.2) is 9.13 Å². The summed E-state index contributed by atoms with van der Waals surface area (Å²) in [5.41, 5.74) is 0. The molecule has 0 aromatic carbocycles. The van der Waals surface area contributed by atoms with E-state index in [9.17, 15) is 53.8 Å². The van der Waals surface area contributed by atoms with Crippen molar-refractivity contribution in [1.29, 1.82) is 0 Å². The first-order valence-electron chi connectivity index (χ1n) is 24.2. The highest BCUT2D eigenvalue weighted by atomic mass is 31.2.